The largest absolute Gasteiger partial charge is 0.455 e. The van der Waals surface area contributed by atoms with Gasteiger partial charge in [0.1, 0.15) is 11.2 Å². The predicted molar refractivity (Wildman–Crippen MR) is 174 cm³/mol. The molecule has 0 saturated carbocycles. The van der Waals surface area contributed by atoms with Crippen LogP contribution in [-0.2, 0) is 0 Å². The van der Waals surface area contributed by atoms with Crippen molar-refractivity contribution in [1.29, 1.82) is 0 Å². The van der Waals surface area contributed by atoms with Crippen LogP contribution in [0.5, 0.6) is 0 Å². The van der Waals surface area contributed by atoms with Gasteiger partial charge in [-0.25, -0.2) is 15.0 Å². The Hall–Kier alpha value is -5.39. The van der Waals surface area contributed by atoms with E-state index in [0.717, 1.165) is 48.7 Å². The van der Waals surface area contributed by atoms with Crippen LogP contribution in [0, 0.1) is 0 Å². The first kappa shape index (κ1) is 23.3. The highest BCUT2D eigenvalue weighted by Gasteiger charge is 2.22. The fourth-order valence-corrected chi connectivity index (χ4v) is 7.41. The molecule has 0 bridgehead atoms. The fourth-order valence-electron chi connectivity index (χ4n) is 6.03. The number of hydrogen-bond acceptors (Lipinski definition) is 5. The summed E-state index contributed by atoms with van der Waals surface area (Å²) in [6, 6.07) is 43.6. The molecule has 0 aliphatic heterocycles. The maximum Gasteiger partial charge on any atom is 0.165 e. The number of furan rings is 1. The lowest BCUT2D eigenvalue weighted by atomic mass is 9.99. The summed E-state index contributed by atoms with van der Waals surface area (Å²) in [7, 11) is 0. The smallest absolute Gasteiger partial charge is 0.165 e. The Labute approximate surface area is 244 Å². The van der Waals surface area contributed by atoms with E-state index in [-0.39, 0.29) is 0 Å². The van der Waals surface area contributed by atoms with E-state index in [4.69, 9.17) is 19.4 Å². The lowest BCUT2D eigenvalue weighted by Crippen LogP contribution is -2.00. The van der Waals surface area contributed by atoms with E-state index in [1.54, 1.807) is 11.3 Å². The second-order valence-corrected chi connectivity index (χ2v) is 11.4. The van der Waals surface area contributed by atoms with E-state index in [1.807, 2.05) is 66.7 Å². The van der Waals surface area contributed by atoms with E-state index >= 15 is 0 Å². The molecule has 3 aromatic heterocycles. The number of hydrogen-bond donors (Lipinski definition) is 0. The summed E-state index contributed by atoms with van der Waals surface area (Å²) < 4.78 is 8.86. The molecular weight excluding hydrogens is 534 g/mol. The van der Waals surface area contributed by atoms with Crippen molar-refractivity contribution in [3.8, 4) is 34.2 Å². The first-order valence-electron chi connectivity index (χ1n) is 13.9. The second-order valence-electron chi connectivity index (χ2n) is 10.4. The molecule has 42 heavy (non-hydrogen) atoms. The molecule has 0 amide bonds. The molecule has 9 rings (SSSR count). The van der Waals surface area contributed by atoms with Crippen LogP contribution in [-0.4, -0.2) is 15.0 Å². The van der Waals surface area contributed by atoms with Gasteiger partial charge in [0.15, 0.2) is 17.5 Å². The predicted octanol–water partition coefficient (Wildman–Crippen LogP) is 10.3. The van der Waals surface area contributed by atoms with Gasteiger partial charge in [0, 0.05) is 53.0 Å². The van der Waals surface area contributed by atoms with Gasteiger partial charge in [-0.15, -0.1) is 11.3 Å². The van der Waals surface area contributed by atoms with Crippen molar-refractivity contribution in [2.45, 2.75) is 0 Å². The quantitative estimate of drug-likeness (QED) is 0.218. The summed E-state index contributed by atoms with van der Waals surface area (Å²) in [5, 5.41) is 7.05. The Balaban J connectivity index is 1.40. The van der Waals surface area contributed by atoms with Gasteiger partial charge < -0.3 is 4.42 Å². The normalized spacial score (nSPS) is 11.8. The van der Waals surface area contributed by atoms with Crippen molar-refractivity contribution < 1.29 is 4.42 Å². The highest BCUT2D eigenvalue weighted by Crippen LogP contribution is 2.48. The van der Waals surface area contributed by atoms with Crippen LogP contribution in [0.1, 0.15) is 0 Å². The van der Waals surface area contributed by atoms with Crippen LogP contribution in [0.15, 0.2) is 132 Å². The molecule has 0 unspecified atom stereocenters. The molecule has 0 atom stereocenters. The Morgan fingerprint density at radius 3 is 1.71 bits per heavy atom. The van der Waals surface area contributed by atoms with E-state index in [9.17, 15) is 0 Å². The molecule has 4 nitrogen and oxygen atoms in total. The van der Waals surface area contributed by atoms with Crippen LogP contribution in [0.2, 0.25) is 0 Å². The van der Waals surface area contributed by atoms with E-state index in [1.165, 1.54) is 20.9 Å². The summed E-state index contributed by atoms with van der Waals surface area (Å²) in [5.74, 6) is 1.98. The zero-order valence-electron chi connectivity index (χ0n) is 22.3. The fraction of sp³-hybridized carbons (Fsp3) is 0. The highest BCUT2D eigenvalue weighted by atomic mass is 32.1. The Kier molecular flexibility index (Phi) is 5.03. The van der Waals surface area contributed by atoms with Gasteiger partial charge in [-0.05, 0) is 17.5 Å². The molecule has 0 spiro atoms. The van der Waals surface area contributed by atoms with Gasteiger partial charge in [0.25, 0.3) is 0 Å². The van der Waals surface area contributed by atoms with Crippen LogP contribution >= 0.6 is 11.3 Å². The SMILES string of the molecule is c1ccc(-c2nc(-c3ccccc3)nc(-c3cccc4c3sc3c4c4ccccc4c4oc5ccccc5c43)n2)cc1. The van der Waals surface area contributed by atoms with Crippen LogP contribution < -0.4 is 0 Å². The monoisotopic (exact) mass is 555 g/mol. The number of benzene rings is 6. The molecule has 196 valence electrons. The number of rotatable bonds is 3. The first-order valence-corrected chi connectivity index (χ1v) is 14.7. The van der Waals surface area contributed by atoms with Gasteiger partial charge in [0.05, 0.1) is 0 Å². The lowest BCUT2D eigenvalue weighted by molar-refractivity contribution is 0.673. The van der Waals surface area contributed by atoms with E-state index in [0.29, 0.717) is 17.5 Å². The molecule has 0 fully saturated rings. The third-order valence-electron chi connectivity index (χ3n) is 7.92. The minimum Gasteiger partial charge on any atom is -0.455 e. The number of para-hydroxylation sites is 1. The third kappa shape index (κ3) is 3.44. The summed E-state index contributed by atoms with van der Waals surface area (Å²) in [6.45, 7) is 0. The van der Waals surface area contributed by atoms with Crippen molar-refractivity contribution in [2.75, 3.05) is 0 Å². The molecule has 0 aliphatic carbocycles. The maximum absolute atomic E-state index is 6.49. The van der Waals surface area contributed by atoms with Crippen molar-refractivity contribution in [2.24, 2.45) is 0 Å². The van der Waals surface area contributed by atoms with Gasteiger partial charge in [0.2, 0.25) is 0 Å². The zero-order chi connectivity index (χ0) is 27.6. The average Bonchev–Trinajstić information content (AvgIpc) is 3.65. The van der Waals surface area contributed by atoms with Crippen molar-refractivity contribution in [1.82, 2.24) is 15.0 Å². The minimum absolute atomic E-state index is 0.659. The Morgan fingerprint density at radius 1 is 0.429 bits per heavy atom. The van der Waals surface area contributed by atoms with Gasteiger partial charge in [-0.3, -0.25) is 0 Å². The molecule has 5 heteroatoms. The molecule has 0 saturated heterocycles. The molecule has 9 aromatic rings. The van der Waals surface area contributed by atoms with E-state index < -0.39 is 0 Å². The Bertz CT molecular complexity index is 2400. The number of nitrogens with zero attached hydrogens (tertiary/aromatic N) is 3. The standard InChI is InChI=1S/C37H21N3OS/c1-3-12-22(13-4-1)35-38-36(23-14-5-2-6-15-23)40-37(39-35)28-20-11-19-27-30-24-16-7-8-17-25(24)32-31(34(30)42-33(27)28)26-18-9-10-21-29(26)41-32/h1-21H. The summed E-state index contributed by atoms with van der Waals surface area (Å²) in [5.41, 5.74) is 4.75. The van der Waals surface area contributed by atoms with E-state index in [2.05, 4.69) is 60.7 Å². The summed E-state index contributed by atoms with van der Waals surface area (Å²) >= 11 is 1.79. The molecule has 6 aromatic carbocycles. The maximum atomic E-state index is 6.49. The van der Waals surface area contributed by atoms with Gasteiger partial charge >= 0.3 is 0 Å². The molecule has 3 heterocycles. The summed E-state index contributed by atoms with van der Waals surface area (Å²) in [4.78, 5) is 15.0. The third-order valence-corrected chi connectivity index (χ3v) is 9.18. The van der Waals surface area contributed by atoms with Crippen LogP contribution in [0.4, 0.5) is 0 Å². The van der Waals surface area contributed by atoms with Crippen molar-refractivity contribution in [3.05, 3.63) is 127 Å². The van der Waals surface area contributed by atoms with Crippen LogP contribution in [0.25, 0.3) is 87.0 Å². The zero-order valence-corrected chi connectivity index (χ0v) is 23.1. The number of thiophene rings is 1. The molecule has 0 N–H and O–H groups in total. The van der Waals surface area contributed by atoms with Crippen molar-refractivity contribution in [3.63, 3.8) is 0 Å². The number of aromatic nitrogens is 3. The second kappa shape index (κ2) is 9.06. The lowest BCUT2D eigenvalue weighted by Gasteiger charge is -2.09. The number of fused-ring (bicyclic) bond motifs is 10. The minimum atomic E-state index is 0.659. The Morgan fingerprint density at radius 2 is 1.00 bits per heavy atom. The first-order chi connectivity index (χ1) is 20.8. The van der Waals surface area contributed by atoms with Gasteiger partial charge in [-0.2, -0.15) is 0 Å². The molecular formula is C37H21N3OS. The van der Waals surface area contributed by atoms with Crippen LogP contribution in [0.3, 0.4) is 0 Å². The topological polar surface area (TPSA) is 51.8 Å². The average molecular weight is 556 g/mol. The molecule has 0 aliphatic rings. The van der Waals surface area contributed by atoms with Crippen molar-refractivity contribution >= 4 is 64.2 Å². The molecule has 0 radical (unpaired) electrons. The van der Waals surface area contributed by atoms with Gasteiger partial charge in [-0.1, -0.05) is 115 Å². The highest BCUT2D eigenvalue weighted by molar-refractivity contribution is 7.27. The summed E-state index contributed by atoms with van der Waals surface area (Å²) in [6.07, 6.45) is 0.